The van der Waals surface area contributed by atoms with E-state index in [0.29, 0.717) is 13.1 Å². The Morgan fingerprint density at radius 2 is 2.16 bits per heavy atom. The molecule has 0 aliphatic heterocycles. The number of ether oxygens (including phenoxy) is 1. The number of carbonyl (C=O) groups is 1. The molecule has 1 unspecified atom stereocenters. The maximum Gasteiger partial charge on any atom is 0.407 e. The Labute approximate surface area is 114 Å². The fourth-order valence-electron chi connectivity index (χ4n) is 1.47. The number of nitrogens with one attached hydrogen (secondary N) is 2. The van der Waals surface area contributed by atoms with E-state index in [4.69, 9.17) is 9.15 Å². The van der Waals surface area contributed by atoms with Gasteiger partial charge in [0.1, 0.15) is 11.4 Å². The lowest BCUT2D eigenvalue weighted by Crippen LogP contribution is -2.41. The summed E-state index contributed by atoms with van der Waals surface area (Å²) >= 11 is 0. The van der Waals surface area contributed by atoms with Crippen molar-refractivity contribution in [3.63, 3.8) is 0 Å². The molecule has 1 rings (SSSR count). The molecule has 5 nitrogen and oxygen atoms in total. The summed E-state index contributed by atoms with van der Waals surface area (Å²) in [6.07, 6.45) is 1.28. The highest BCUT2D eigenvalue weighted by molar-refractivity contribution is 5.67. The molecular formula is C14H24N2O3. The molecule has 19 heavy (non-hydrogen) atoms. The standard InChI is InChI=1S/C14H24N2O3/c1-10-6-7-18-12(10)9-15-11(2)8-16-13(17)19-14(3,4)5/h6-7,11,15H,8-9H2,1-5H3,(H,16,17). The number of carbonyl (C=O) groups excluding carboxylic acids is 1. The smallest absolute Gasteiger partial charge is 0.407 e. The molecule has 0 aromatic carbocycles. The summed E-state index contributed by atoms with van der Waals surface area (Å²) < 4.78 is 10.5. The van der Waals surface area contributed by atoms with Gasteiger partial charge >= 0.3 is 6.09 Å². The quantitative estimate of drug-likeness (QED) is 0.861. The Hall–Kier alpha value is -1.49. The highest BCUT2D eigenvalue weighted by Crippen LogP contribution is 2.08. The van der Waals surface area contributed by atoms with Crippen LogP contribution in [0.15, 0.2) is 16.7 Å². The first-order valence-electron chi connectivity index (χ1n) is 6.51. The number of furan rings is 1. The first-order chi connectivity index (χ1) is 8.78. The zero-order chi connectivity index (χ0) is 14.5. The van der Waals surface area contributed by atoms with Crippen LogP contribution in [0.5, 0.6) is 0 Å². The molecule has 1 heterocycles. The second-order valence-electron chi connectivity index (χ2n) is 5.69. The van der Waals surface area contributed by atoms with Gasteiger partial charge in [0.25, 0.3) is 0 Å². The molecule has 1 amide bonds. The lowest BCUT2D eigenvalue weighted by Gasteiger charge is -2.21. The van der Waals surface area contributed by atoms with Crippen molar-refractivity contribution in [2.45, 2.75) is 52.8 Å². The highest BCUT2D eigenvalue weighted by Gasteiger charge is 2.16. The number of hydrogen-bond donors (Lipinski definition) is 2. The molecular weight excluding hydrogens is 244 g/mol. The van der Waals surface area contributed by atoms with Crippen molar-refractivity contribution < 1.29 is 13.9 Å². The highest BCUT2D eigenvalue weighted by atomic mass is 16.6. The first-order valence-corrected chi connectivity index (χ1v) is 6.51. The summed E-state index contributed by atoms with van der Waals surface area (Å²) in [4.78, 5) is 11.5. The van der Waals surface area contributed by atoms with Crippen molar-refractivity contribution in [2.75, 3.05) is 6.54 Å². The summed E-state index contributed by atoms with van der Waals surface area (Å²) in [5.74, 6) is 0.920. The average Bonchev–Trinajstić information content (AvgIpc) is 2.67. The van der Waals surface area contributed by atoms with Crippen molar-refractivity contribution in [2.24, 2.45) is 0 Å². The van der Waals surface area contributed by atoms with Crippen LogP contribution in [0.2, 0.25) is 0 Å². The van der Waals surface area contributed by atoms with Crippen molar-refractivity contribution in [1.82, 2.24) is 10.6 Å². The zero-order valence-corrected chi connectivity index (χ0v) is 12.4. The Kier molecular flexibility index (Phi) is 5.42. The van der Waals surface area contributed by atoms with Gasteiger partial charge in [-0.05, 0) is 46.2 Å². The van der Waals surface area contributed by atoms with E-state index in [0.717, 1.165) is 11.3 Å². The summed E-state index contributed by atoms with van der Waals surface area (Å²) in [5.41, 5.74) is 0.659. The van der Waals surface area contributed by atoms with Gasteiger partial charge in [0, 0.05) is 12.6 Å². The Bertz CT molecular complexity index is 407. The van der Waals surface area contributed by atoms with Crippen LogP contribution in [0.3, 0.4) is 0 Å². The summed E-state index contributed by atoms with van der Waals surface area (Å²) in [7, 11) is 0. The maximum atomic E-state index is 11.5. The average molecular weight is 268 g/mol. The van der Waals surface area contributed by atoms with Gasteiger partial charge in [-0.15, -0.1) is 0 Å². The largest absolute Gasteiger partial charge is 0.468 e. The monoisotopic (exact) mass is 268 g/mol. The van der Waals surface area contributed by atoms with Crippen LogP contribution >= 0.6 is 0 Å². The molecule has 0 fully saturated rings. The Morgan fingerprint density at radius 3 is 2.68 bits per heavy atom. The minimum atomic E-state index is -0.466. The van der Waals surface area contributed by atoms with E-state index in [-0.39, 0.29) is 6.04 Å². The molecule has 0 aliphatic carbocycles. The minimum absolute atomic E-state index is 0.136. The lowest BCUT2D eigenvalue weighted by molar-refractivity contribution is 0.0523. The molecule has 108 valence electrons. The van der Waals surface area contributed by atoms with Gasteiger partial charge < -0.3 is 19.8 Å². The van der Waals surface area contributed by atoms with E-state index >= 15 is 0 Å². The molecule has 1 aromatic rings. The lowest BCUT2D eigenvalue weighted by atomic mass is 10.2. The molecule has 1 aromatic heterocycles. The predicted molar refractivity (Wildman–Crippen MR) is 74.0 cm³/mol. The third kappa shape index (κ3) is 6.29. The molecule has 0 radical (unpaired) electrons. The van der Waals surface area contributed by atoms with E-state index in [1.807, 2.05) is 40.7 Å². The molecule has 5 heteroatoms. The third-order valence-electron chi connectivity index (χ3n) is 2.53. The van der Waals surface area contributed by atoms with Crippen molar-refractivity contribution in [3.05, 3.63) is 23.7 Å². The van der Waals surface area contributed by atoms with Gasteiger partial charge in [-0.25, -0.2) is 4.79 Å². The summed E-state index contributed by atoms with van der Waals surface area (Å²) in [6, 6.07) is 2.07. The number of rotatable bonds is 5. The van der Waals surface area contributed by atoms with Gasteiger partial charge in [0.2, 0.25) is 0 Å². The minimum Gasteiger partial charge on any atom is -0.468 e. The van der Waals surface area contributed by atoms with Crippen LogP contribution in [0.25, 0.3) is 0 Å². The second-order valence-corrected chi connectivity index (χ2v) is 5.69. The fourth-order valence-corrected chi connectivity index (χ4v) is 1.47. The van der Waals surface area contributed by atoms with Gasteiger partial charge in [-0.2, -0.15) is 0 Å². The van der Waals surface area contributed by atoms with Gasteiger partial charge in [-0.3, -0.25) is 0 Å². The topological polar surface area (TPSA) is 63.5 Å². The van der Waals surface area contributed by atoms with E-state index in [1.54, 1.807) is 6.26 Å². The van der Waals surface area contributed by atoms with Gasteiger partial charge in [-0.1, -0.05) is 0 Å². The predicted octanol–water partition coefficient (Wildman–Crippen LogP) is 2.59. The van der Waals surface area contributed by atoms with Crippen LogP contribution in [-0.4, -0.2) is 24.3 Å². The molecule has 0 aliphatic rings. The van der Waals surface area contributed by atoms with E-state index in [2.05, 4.69) is 10.6 Å². The molecule has 1 atom stereocenters. The van der Waals surface area contributed by atoms with Crippen LogP contribution in [-0.2, 0) is 11.3 Å². The van der Waals surface area contributed by atoms with Crippen LogP contribution in [0, 0.1) is 6.92 Å². The molecule has 2 N–H and O–H groups in total. The first kappa shape index (κ1) is 15.6. The van der Waals surface area contributed by atoms with Crippen molar-refractivity contribution in [1.29, 1.82) is 0 Å². The fraction of sp³-hybridized carbons (Fsp3) is 0.643. The zero-order valence-electron chi connectivity index (χ0n) is 12.4. The summed E-state index contributed by atoms with van der Waals surface area (Å²) in [5, 5.41) is 6.01. The normalized spacial score (nSPS) is 13.1. The molecule has 0 saturated carbocycles. The van der Waals surface area contributed by atoms with Gasteiger partial charge in [0.15, 0.2) is 0 Å². The van der Waals surface area contributed by atoms with Crippen LogP contribution < -0.4 is 10.6 Å². The SMILES string of the molecule is Cc1ccoc1CNC(C)CNC(=O)OC(C)(C)C. The van der Waals surface area contributed by atoms with Crippen LogP contribution in [0.1, 0.15) is 39.0 Å². The Morgan fingerprint density at radius 1 is 1.47 bits per heavy atom. The third-order valence-corrected chi connectivity index (χ3v) is 2.53. The van der Waals surface area contributed by atoms with Gasteiger partial charge in [0.05, 0.1) is 12.8 Å². The number of amides is 1. The molecule has 0 saturated heterocycles. The van der Waals surface area contributed by atoms with Crippen molar-refractivity contribution >= 4 is 6.09 Å². The maximum absolute atomic E-state index is 11.5. The molecule has 0 bridgehead atoms. The van der Waals surface area contributed by atoms with E-state index in [1.165, 1.54) is 0 Å². The van der Waals surface area contributed by atoms with Crippen molar-refractivity contribution in [3.8, 4) is 0 Å². The number of alkyl carbamates (subject to hydrolysis) is 1. The van der Waals surface area contributed by atoms with E-state index in [9.17, 15) is 4.79 Å². The molecule has 0 spiro atoms. The number of hydrogen-bond acceptors (Lipinski definition) is 4. The Balaban J connectivity index is 2.23. The summed E-state index contributed by atoms with van der Waals surface area (Å²) in [6.45, 7) is 10.7. The van der Waals surface area contributed by atoms with Crippen LogP contribution in [0.4, 0.5) is 4.79 Å². The number of aryl methyl sites for hydroxylation is 1. The van der Waals surface area contributed by atoms with E-state index < -0.39 is 11.7 Å². The second kappa shape index (κ2) is 6.61.